The Morgan fingerprint density at radius 1 is 1.00 bits per heavy atom. The molecule has 1 atom stereocenters. The zero-order valence-corrected chi connectivity index (χ0v) is 20.6. The third-order valence-corrected chi connectivity index (χ3v) is 6.46. The van der Waals surface area contributed by atoms with Crippen LogP contribution in [0.1, 0.15) is 27.0 Å². The predicted octanol–water partition coefficient (Wildman–Crippen LogP) is 3.01. The molecule has 35 heavy (non-hydrogen) atoms. The van der Waals surface area contributed by atoms with Gasteiger partial charge in [-0.05, 0) is 23.8 Å². The first-order chi connectivity index (χ1) is 16.9. The summed E-state index contributed by atoms with van der Waals surface area (Å²) in [5.41, 5.74) is 2.85. The second-order valence-corrected chi connectivity index (χ2v) is 8.70. The van der Waals surface area contributed by atoms with Crippen LogP contribution in [-0.2, 0) is 22.5 Å². The minimum Gasteiger partial charge on any atom is -0.493 e. The summed E-state index contributed by atoms with van der Waals surface area (Å²) in [4.78, 5) is 25.6. The number of ketones is 1. The molecule has 2 aromatic carbocycles. The first kappa shape index (κ1) is 24.4. The molecule has 4 rings (SSSR count). The molecule has 0 saturated carbocycles. The van der Waals surface area contributed by atoms with Crippen molar-refractivity contribution in [3.8, 4) is 28.7 Å². The SMILES string of the molecule is COC(=O)C[N+]1(C)CCc2c(c(OC)c3c(c2C(=O)/C=C/c2cccc(OC)c2OC)OCO3)C1. The Labute approximate surface area is 204 Å². The van der Waals surface area contributed by atoms with Gasteiger partial charge in [0.1, 0.15) is 6.54 Å². The van der Waals surface area contributed by atoms with Gasteiger partial charge in [-0.15, -0.1) is 0 Å². The quantitative estimate of drug-likeness (QED) is 0.245. The van der Waals surface area contributed by atoms with E-state index in [4.69, 9.17) is 28.4 Å². The molecule has 1 unspecified atom stereocenters. The molecule has 0 aromatic heterocycles. The minimum absolute atomic E-state index is 0.00340. The lowest BCUT2D eigenvalue weighted by Crippen LogP contribution is -2.51. The summed E-state index contributed by atoms with van der Waals surface area (Å²) in [6, 6.07) is 5.46. The average molecular weight is 485 g/mol. The lowest BCUT2D eigenvalue weighted by atomic mass is 9.88. The van der Waals surface area contributed by atoms with E-state index < -0.39 is 0 Å². The number of hydrogen-bond donors (Lipinski definition) is 0. The van der Waals surface area contributed by atoms with Crippen LogP contribution in [0.15, 0.2) is 24.3 Å². The van der Waals surface area contributed by atoms with E-state index in [2.05, 4.69) is 0 Å². The highest BCUT2D eigenvalue weighted by atomic mass is 16.7. The van der Waals surface area contributed by atoms with Gasteiger partial charge in [0.25, 0.3) is 0 Å². The van der Waals surface area contributed by atoms with Crippen LogP contribution in [0.25, 0.3) is 6.08 Å². The summed E-state index contributed by atoms with van der Waals surface area (Å²) in [6.07, 6.45) is 3.76. The molecule has 0 amide bonds. The van der Waals surface area contributed by atoms with Crippen molar-refractivity contribution in [1.82, 2.24) is 0 Å². The maximum absolute atomic E-state index is 13.6. The van der Waals surface area contributed by atoms with Gasteiger partial charge in [0.2, 0.25) is 12.5 Å². The number of likely N-dealkylation sites (N-methyl/N-ethyl adjacent to an activating group) is 1. The number of carbonyl (C=O) groups excluding carboxylic acids is 2. The molecule has 0 aliphatic carbocycles. The maximum Gasteiger partial charge on any atom is 0.361 e. The number of quaternary nitrogens is 1. The van der Waals surface area contributed by atoms with Crippen LogP contribution in [0.5, 0.6) is 28.7 Å². The van der Waals surface area contributed by atoms with Gasteiger partial charge in [-0.3, -0.25) is 4.79 Å². The van der Waals surface area contributed by atoms with Crippen LogP contribution in [-0.4, -0.2) is 71.6 Å². The number of ether oxygens (including phenoxy) is 6. The molecular weight excluding hydrogens is 454 g/mol. The Hall–Kier alpha value is -3.72. The van der Waals surface area contributed by atoms with E-state index >= 15 is 0 Å². The number of para-hydroxylation sites is 1. The van der Waals surface area contributed by atoms with E-state index in [9.17, 15) is 9.59 Å². The highest BCUT2D eigenvalue weighted by Gasteiger charge is 2.40. The Morgan fingerprint density at radius 3 is 2.43 bits per heavy atom. The van der Waals surface area contributed by atoms with Crippen molar-refractivity contribution in [2.75, 3.05) is 55.4 Å². The van der Waals surface area contributed by atoms with E-state index in [1.165, 1.54) is 13.2 Å². The smallest absolute Gasteiger partial charge is 0.361 e. The van der Waals surface area contributed by atoms with Crippen molar-refractivity contribution < 1.29 is 42.5 Å². The van der Waals surface area contributed by atoms with Crippen LogP contribution in [0.2, 0.25) is 0 Å². The van der Waals surface area contributed by atoms with E-state index in [1.54, 1.807) is 33.5 Å². The van der Waals surface area contributed by atoms with Crippen LogP contribution in [0.3, 0.4) is 0 Å². The molecule has 0 radical (unpaired) electrons. The molecule has 0 bridgehead atoms. The van der Waals surface area contributed by atoms with Gasteiger partial charge in [-0.25, -0.2) is 4.79 Å². The number of rotatable bonds is 8. The second kappa shape index (κ2) is 9.87. The number of esters is 1. The first-order valence-corrected chi connectivity index (χ1v) is 11.2. The van der Waals surface area contributed by atoms with Crippen molar-refractivity contribution in [1.29, 1.82) is 0 Å². The minimum atomic E-state index is -0.290. The van der Waals surface area contributed by atoms with Crippen LogP contribution in [0, 0.1) is 0 Å². The van der Waals surface area contributed by atoms with Crippen molar-refractivity contribution >= 4 is 17.8 Å². The van der Waals surface area contributed by atoms with Crippen molar-refractivity contribution in [3.05, 3.63) is 46.5 Å². The van der Waals surface area contributed by atoms with Crippen LogP contribution < -0.4 is 23.7 Å². The average Bonchev–Trinajstić information content (AvgIpc) is 3.34. The molecule has 2 aromatic rings. The number of fused-ring (bicyclic) bond motifs is 2. The van der Waals surface area contributed by atoms with E-state index in [1.807, 2.05) is 19.2 Å². The molecule has 2 heterocycles. The number of allylic oxidation sites excluding steroid dienone is 1. The van der Waals surface area contributed by atoms with Gasteiger partial charge in [0, 0.05) is 12.0 Å². The molecule has 0 spiro atoms. The molecule has 9 nitrogen and oxygen atoms in total. The summed E-state index contributed by atoms with van der Waals surface area (Å²) in [5.74, 6) is 1.93. The summed E-state index contributed by atoms with van der Waals surface area (Å²) >= 11 is 0. The molecule has 2 aliphatic heterocycles. The molecule has 0 N–H and O–H groups in total. The fourth-order valence-electron chi connectivity index (χ4n) is 4.76. The Bertz CT molecular complexity index is 1190. The summed E-state index contributed by atoms with van der Waals surface area (Å²) < 4.78 is 33.3. The predicted molar refractivity (Wildman–Crippen MR) is 127 cm³/mol. The highest BCUT2D eigenvalue weighted by Crippen LogP contribution is 2.50. The monoisotopic (exact) mass is 484 g/mol. The Kier molecular flexibility index (Phi) is 6.88. The van der Waals surface area contributed by atoms with E-state index in [0.717, 1.165) is 11.1 Å². The third kappa shape index (κ3) is 4.51. The summed E-state index contributed by atoms with van der Waals surface area (Å²) in [6.45, 7) is 1.35. The third-order valence-electron chi connectivity index (χ3n) is 6.46. The summed E-state index contributed by atoms with van der Waals surface area (Å²) in [7, 11) is 8.05. The first-order valence-electron chi connectivity index (χ1n) is 11.2. The van der Waals surface area contributed by atoms with E-state index in [0.29, 0.717) is 63.9 Å². The highest BCUT2D eigenvalue weighted by molar-refractivity contribution is 6.11. The second-order valence-electron chi connectivity index (χ2n) is 8.70. The van der Waals surface area contributed by atoms with Gasteiger partial charge in [-0.2, -0.15) is 0 Å². The zero-order chi connectivity index (χ0) is 25.2. The topological polar surface area (TPSA) is 89.5 Å². The number of benzene rings is 2. The fraction of sp³-hybridized carbons (Fsp3) is 0.385. The van der Waals surface area contributed by atoms with Gasteiger partial charge in [0.15, 0.2) is 35.3 Å². The van der Waals surface area contributed by atoms with Crippen molar-refractivity contribution in [3.63, 3.8) is 0 Å². The van der Waals surface area contributed by atoms with Crippen molar-refractivity contribution in [2.24, 2.45) is 0 Å². The molecule has 9 heteroatoms. The molecule has 186 valence electrons. The zero-order valence-electron chi connectivity index (χ0n) is 20.6. The Morgan fingerprint density at radius 2 is 1.74 bits per heavy atom. The molecular formula is C26H30NO8+. The van der Waals surface area contributed by atoms with Crippen molar-refractivity contribution in [2.45, 2.75) is 13.0 Å². The van der Waals surface area contributed by atoms with Gasteiger partial charge in [0.05, 0.1) is 53.2 Å². The number of methoxy groups -OCH3 is 4. The summed E-state index contributed by atoms with van der Waals surface area (Å²) in [5, 5.41) is 0. The number of hydrogen-bond acceptors (Lipinski definition) is 8. The van der Waals surface area contributed by atoms with E-state index in [-0.39, 0.29) is 25.1 Å². The number of nitrogens with zero attached hydrogens (tertiary/aromatic N) is 1. The van der Waals surface area contributed by atoms with Crippen LogP contribution in [0.4, 0.5) is 0 Å². The molecule has 0 saturated heterocycles. The standard InChI is InChI=1S/C26H30NO8/c1-27(14-21(29)31-3)12-11-17-18(13-27)24(33-5)26-25(34-15-35-26)22(17)19(28)10-9-16-7-6-8-20(30-2)23(16)32-4/h6-10H,11-15H2,1-5H3/q+1/b10-9+. The van der Waals surface area contributed by atoms with Gasteiger partial charge in [-0.1, -0.05) is 12.1 Å². The number of carbonyl (C=O) groups is 2. The maximum atomic E-state index is 13.6. The Balaban J connectivity index is 1.77. The fourth-order valence-corrected chi connectivity index (χ4v) is 4.76. The largest absolute Gasteiger partial charge is 0.493 e. The van der Waals surface area contributed by atoms with Gasteiger partial charge < -0.3 is 32.9 Å². The normalized spacial score (nSPS) is 18.2. The van der Waals surface area contributed by atoms with Crippen LogP contribution >= 0.6 is 0 Å². The lowest BCUT2D eigenvalue weighted by Gasteiger charge is -2.38. The lowest BCUT2D eigenvalue weighted by molar-refractivity contribution is -0.917. The molecule has 2 aliphatic rings. The molecule has 0 fully saturated rings. The van der Waals surface area contributed by atoms with Gasteiger partial charge >= 0.3 is 5.97 Å².